The Balaban J connectivity index is 2.23. The van der Waals surface area contributed by atoms with Crippen LogP contribution in [0.25, 0.3) is 0 Å². The number of rotatable bonds is 2. The number of carbonyl (C=O) groups excluding carboxylic acids is 1. The topological polar surface area (TPSA) is 68.0 Å². The van der Waals surface area contributed by atoms with E-state index in [0.29, 0.717) is 5.56 Å². The van der Waals surface area contributed by atoms with Gasteiger partial charge in [0.25, 0.3) is 5.91 Å². The molecule has 0 spiro atoms. The minimum Gasteiger partial charge on any atom is -0.382 e. The van der Waals surface area contributed by atoms with Gasteiger partial charge in [0.05, 0.1) is 10.6 Å². The number of aromatic nitrogens is 1. The molecule has 0 aliphatic carbocycles. The molecule has 1 heterocycles. The van der Waals surface area contributed by atoms with E-state index in [0.717, 1.165) is 15.7 Å². The first-order valence-corrected chi connectivity index (χ1v) is 6.63. The number of nitrogens with two attached hydrogens (primary N) is 1. The SMILES string of the molecule is Cc1cc(Br)ccc1NC(=O)c1cnc(N)c(Cl)c1. The molecule has 0 unspecified atom stereocenters. The van der Waals surface area contributed by atoms with Crippen LogP contribution in [0.2, 0.25) is 5.02 Å². The minimum atomic E-state index is -0.278. The summed E-state index contributed by atoms with van der Waals surface area (Å²) in [4.78, 5) is 15.9. The third-order valence-electron chi connectivity index (χ3n) is 2.57. The van der Waals surface area contributed by atoms with Gasteiger partial charge in [0.1, 0.15) is 5.82 Å². The maximum absolute atomic E-state index is 12.1. The van der Waals surface area contributed by atoms with Crippen molar-refractivity contribution in [2.75, 3.05) is 11.1 Å². The smallest absolute Gasteiger partial charge is 0.257 e. The number of benzene rings is 1. The highest BCUT2D eigenvalue weighted by Crippen LogP contribution is 2.22. The molecule has 1 aromatic carbocycles. The molecule has 0 saturated carbocycles. The summed E-state index contributed by atoms with van der Waals surface area (Å²) in [5.41, 5.74) is 7.56. The largest absolute Gasteiger partial charge is 0.382 e. The molecule has 0 aliphatic heterocycles. The van der Waals surface area contributed by atoms with Gasteiger partial charge in [-0.3, -0.25) is 4.79 Å². The van der Waals surface area contributed by atoms with Crippen LogP contribution >= 0.6 is 27.5 Å². The van der Waals surface area contributed by atoms with Gasteiger partial charge in [-0.1, -0.05) is 27.5 Å². The van der Waals surface area contributed by atoms with Crippen molar-refractivity contribution >= 4 is 44.9 Å². The second kappa shape index (κ2) is 5.59. The number of amides is 1. The zero-order chi connectivity index (χ0) is 14.0. The van der Waals surface area contributed by atoms with E-state index in [4.69, 9.17) is 17.3 Å². The van der Waals surface area contributed by atoms with Gasteiger partial charge in [-0.05, 0) is 36.8 Å². The Morgan fingerprint density at radius 2 is 2.16 bits per heavy atom. The van der Waals surface area contributed by atoms with Crippen LogP contribution in [0.4, 0.5) is 11.5 Å². The second-order valence-electron chi connectivity index (χ2n) is 4.00. The molecule has 1 aromatic heterocycles. The quantitative estimate of drug-likeness (QED) is 0.877. The summed E-state index contributed by atoms with van der Waals surface area (Å²) < 4.78 is 0.959. The van der Waals surface area contributed by atoms with Gasteiger partial charge in [0.15, 0.2) is 0 Å². The van der Waals surface area contributed by atoms with Crippen LogP contribution in [0.5, 0.6) is 0 Å². The average molecular weight is 341 g/mol. The zero-order valence-electron chi connectivity index (χ0n) is 10.1. The van der Waals surface area contributed by atoms with Crippen molar-refractivity contribution in [2.24, 2.45) is 0 Å². The lowest BCUT2D eigenvalue weighted by molar-refractivity contribution is 0.102. The molecule has 0 saturated heterocycles. The second-order valence-corrected chi connectivity index (χ2v) is 5.33. The Bertz CT molecular complexity index is 646. The normalized spacial score (nSPS) is 10.3. The molecule has 3 N–H and O–H groups in total. The van der Waals surface area contributed by atoms with Crippen LogP contribution in [-0.2, 0) is 0 Å². The summed E-state index contributed by atoms with van der Waals surface area (Å²) in [6.07, 6.45) is 1.39. The Hall–Kier alpha value is -1.59. The van der Waals surface area contributed by atoms with Crippen molar-refractivity contribution in [3.63, 3.8) is 0 Å². The molecular weight excluding hydrogens is 330 g/mol. The molecular formula is C13H11BrClN3O. The number of hydrogen-bond donors (Lipinski definition) is 2. The van der Waals surface area contributed by atoms with E-state index in [1.54, 1.807) is 0 Å². The van der Waals surface area contributed by atoms with Gasteiger partial charge < -0.3 is 11.1 Å². The van der Waals surface area contributed by atoms with Crippen LogP contribution in [0.3, 0.4) is 0 Å². The number of nitrogens with zero attached hydrogens (tertiary/aromatic N) is 1. The van der Waals surface area contributed by atoms with Gasteiger partial charge in [-0.15, -0.1) is 0 Å². The molecule has 19 heavy (non-hydrogen) atoms. The van der Waals surface area contributed by atoms with E-state index < -0.39 is 0 Å². The van der Waals surface area contributed by atoms with Crippen molar-refractivity contribution in [2.45, 2.75) is 6.92 Å². The molecule has 2 aromatic rings. The fraction of sp³-hybridized carbons (Fsp3) is 0.0769. The highest BCUT2D eigenvalue weighted by atomic mass is 79.9. The van der Waals surface area contributed by atoms with E-state index >= 15 is 0 Å². The van der Waals surface area contributed by atoms with Gasteiger partial charge in [-0.25, -0.2) is 4.98 Å². The van der Waals surface area contributed by atoms with Gasteiger partial charge in [0, 0.05) is 16.4 Å². The first-order chi connectivity index (χ1) is 8.97. The summed E-state index contributed by atoms with van der Waals surface area (Å²) in [7, 11) is 0. The third kappa shape index (κ3) is 3.24. The summed E-state index contributed by atoms with van der Waals surface area (Å²) >= 11 is 9.21. The number of pyridine rings is 1. The van der Waals surface area contributed by atoms with Crippen molar-refractivity contribution in [3.8, 4) is 0 Å². The minimum absolute atomic E-state index is 0.207. The molecule has 0 atom stereocenters. The lowest BCUT2D eigenvalue weighted by atomic mass is 10.2. The molecule has 0 bridgehead atoms. The van der Waals surface area contributed by atoms with E-state index in [1.807, 2.05) is 25.1 Å². The Kier molecular flexibility index (Phi) is 4.07. The van der Waals surface area contributed by atoms with Crippen molar-refractivity contribution in [3.05, 3.63) is 51.1 Å². The highest BCUT2D eigenvalue weighted by Gasteiger charge is 2.10. The fourth-order valence-corrected chi connectivity index (χ4v) is 2.18. The molecule has 98 valence electrons. The fourth-order valence-electron chi connectivity index (χ4n) is 1.53. The summed E-state index contributed by atoms with van der Waals surface area (Å²) in [5, 5.41) is 3.07. The molecule has 0 fully saturated rings. The molecule has 0 radical (unpaired) electrons. The van der Waals surface area contributed by atoms with Gasteiger partial charge in [-0.2, -0.15) is 0 Å². The summed E-state index contributed by atoms with van der Waals surface area (Å²) in [6, 6.07) is 7.09. The first kappa shape index (κ1) is 13.8. The van der Waals surface area contributed by atoms with Crippen LogP contribution in [0, 0.1) is 6.92 Å². The molecule has 2 rings (SSSR count). The Morgan fingerprint density at radius 3 is 2.79 bits per heavy atom. The summed E-state index contributed by atoms with van der Waals surface area (Å²) in [5.74, 6) is -0.0714. The van der Waals surface area contributed by atoms with Gasteiger partial charge in [0.2, 0.25) is 0 Å². The third-order valence-corrected chi connectivity index (χ3v) is 3.36. The zero-order valence-corrected chi connectivity index (χ0v) is 12.4. The molecule has 6 heteroatoms. The summed E-state index contributed by atoms with van der Waals surface area (Å²) in [6.45, 7) is 1.91. The highest BCUT2D eigenvalue weighted by molar-refractivity contribution is 9.10. The Labute approximate surface area is 124 Å². The van der Waals surface area contributed by atoms with E-state index in [2.05, 4.69) is 26.2 Å². The van der Waals surface area contributed by atoms with Gasteiger partial charge >= 0.3 is 0 Å². The maximum atomic E-state index is 12.1. The average Bonchev–Trinajstić information content (AvgIpc) is 2.36. The van der Waals surface area contributed by atoms with E-state index in [9.17, 15) is 4.79 Å². The number of halogens is 2. The lowest BCUT2D eigenvalue weighted by Gasteiger charge is -2.09. The lowest BCUT2D eigenvalue weighted by Crippen LogP contribution is -2.13. The number of hydrogen-bond acceptors (Lipinski definition) is 3. The van der Waals surface area contributed by atoms with E-state index in [-0.39, 0.29) is 16.7 Å². The van der Waals surface area contributed by atoms with Crippen molar-refractivity contribution < 1.29 is 4.79 Å². The number of nitrogens with one attached hydrogen (secondary N) is 1. The molecule has 1 amide bonds. The van der Waals surface area contributed by atoms with Crippen molar-refractivity contribution in [1.29, 1.82) is 0 Å². The predicted molar refractivity (Wildman–Crippen MR) is 80.5 cm³/mol. The van der Waals surface area contributed by atoms with Crippen LogP contribution in [-0.4, -0.2) is 10.9 Å². The molecule has 4 nitrogen and oxygen atoms in total. The van der Waals surface area contributed by atoms with Crippen LogP contribution in [0.15, 0.2) is 34.9 Å². The standard InChI is InChI=1S/C13H11BrClN3O/c1-7-4-9(14)2-3-11(7)18-13(19)8-5-10(15)12(16)17-6-8/h2-6H,1H3,(H2,16,17)(H,18,19). The van der Waals surface area contributed by atoms with Crippen LogP contribution in [0.1, 0.15) is 15.9 Å². The number of aryl methyl sites for hydroxylation is 1. The number of nitrogen functional groups attached to an aromatic ring is 1. The van der Waals surface area contributed by atoms with Crippen LogP contribution < -0.4 is 11.1 Å². The Morgan fingerprint density at radius 1 is 1.42 bits per heavy atom. The predicted octanol–water partition coefficient (Wildman–Crippen LogP) is 3.64. The maximum Gasteiger partial charge on any atom is 0.257 e. The van der Waals surface area contributed by atoms with E-state index in [1.165, 1.54) is 12.3 Å². The monoisotopic (exact) mass is 339 g/mol. The number of anilines is 2. The first-order valence-electron chi connectivity index (χ1n) is 5.46. The molecule has 0 aliphatic rings. The van der Waals surface area contributed by atoms with Crippen molar-refractivity contribution in [1.82, 2.24) is 4.98 Å². The number of carbonyl (C=O) groups is 1.